The molecule has 0 bridgehead atoms. The van der Waals surface area contributed by atoms with E-state index in [1.165, 1.54) is 38.5 Å². The predicted octanol–water partition coefficient (Wildman–Crippen LogP) is 1.72. The minimum absolute atomic E-state index is 0.0886. The molecule has 1 saturated heterocycles. The van der Waals surface area contributed by atoms with Gasteiger partial charge in [-0.1, -0.05) is 25.7 Å². The quantitative estimate of drug-likeness (QED) is 0.753. The lowest BCUT2D eigenvalue weighted by molar-refractivity contribution is -0.132. The molecule has 1 amide bonds. The smallest absolute Gasteiger partial charge is 0.224 e. The molecule has 2 fully saturated rings. The van der Waals surface area contributed by atoms with Gasteiger partial charge in [0.2, 0.25) is 5.91 Å². The summed E-state index contributed by atoms with van der Waals surface area (Å²) in [5.41, 5.74) is 0. The van der Waals surface area contributed by atoms with Crippen LogP contribution in [0.3, 0.4) is 0 Å². The maximum atomic E-state index is 12.4. The van der Waals surface area contributed by atoms with E-state index in [1.807, 2.05) is 6.92 Å². The highest BCUT2D eigenvalue weighted by atomic mass is 32.2. The summed E-state index contributed by atoms with van der Waals surface area (Å²) in [5, 5.41) is 3.51. The van der Waals surface area contributed by atoms with Gasteiger partial charge >= 0.3 is 0 Å². The molecule has 2 aliphatic rings. The van der Waals surface area contributed by atoms with Crippen LogP contribution in [-0.4, -0.2) is 55.9 Å². The third kappa shape index (κ3) is 5.23. The van der Waals surface area contributed by atoms with Crippen LogP contribution in [0.1, 0.15) is 58.3 Å². The van der Waals surface area contributed by atoms with Crippen LogP contribution in [0.2, 0.25) is 0 Å². The molecule has 0 aromatic rings. The standard InChI is InChI=1S/C16H30N2O3S/c1-2-18(15-10-12-22(20,21)13-15)16(19)9-11-17-14-7-5-3-4-6-8-14/h14-15,17H,2-13H2,1H3. The molecule has 1 aliphatic carbocycles. The zero-order valence-electron chi connectivity index (χ0n) is 13.7. The van der Waals surface area contributed by atoms with Gasteiger partial charge in [-0.15, -0.1) is 0 Å². The molecule has 1 atom stereocenters. The first-order valence-corrected chi connectivity index (χ1v) is 10.6. The van der Waals surface area contributed by atoms with Gasteiger partial charge in [0.1, 0.15) is 0 Å². The fourth-order valence-electron chi connectivity index (χ4n) is 3.67. The molecule has 128 valence electrons. The van der Waals surface area contributed by atoms with Gasteiger partial charge in [0.15, 0.2) is 9.84 Å². The Kier molecular flexibility index (Phi) is 6.68. The summed E-state index contributed by atoms with van der Waals surface area (Å²) < 4.78 is 23.2. The maximum absolute atomic E-state index is 12.4. The minimum atomic E-state index is -2.94. The fraction of sp³-hybridized carbons (Fsp3) is 0.938. The highest BCUT2D eigenvalue weighted by molar-refractivity contribution is 7.91. The molecule has 2 rings (SSSR count). The zero-order valence-corrected chi connectivity index (χ0v) is 14.5. The van der Waals surface area contributed by atoms with E-state index in [1.54, 1.807) is 4.90 Å². The van der Waals surface area contributed by atoms with Crippen molar-refractivity contribution in [2.75, 3.05) is 24.6 Å². The summed E-state index contributed by atoms with van der Waals surface area (Å²) in [7, 11) is -2.94. The SMILES string of the molecule is CCN(C(=O)CCNC1CCCCCC1)C1CCS(=O)(=O)C1. The molecule has 0 aromatic carbocycles. The lowest BCUT2D eigenvalue weighted by atomic mass is 10.1. The average molecular weight is 330 g/mol. The monoisotopic (exact) mass is 330 g/mol. The Morgan fingerprint density at radius 2 is 1.82 bits per heavy atom. The third-order valence-electron chi connectivity index (χ3n) is 4.94. The first kappa shape index (κ1) is 17.7. The molecule has 1 N–H and O–H groups in total. The molecule has 0 aromatic heterocycles. The fourth-order valence-corrected chi connectivity index (χ4v) is 5.40. The number of carbonyl (C=O) groups excluding carboxylic acids is 1. The molecular weight excluding hydrogens is 300 g/mol. The number of amides is 1. The molecule has 0 spiro atoms. The van der Waals surface area contributed by atoms with Gasteiger partial charge in [-0.3, -0.25) is 4.79 Å². The minimum Gasteiger partial charge on any atom is -0.339 e. The maximum Gasteiger partial charge on any atom is 0.224 e. The van der Waals surface area contributed by atoms with Crippen LogP contribution in [0.4, 0.5) is 0 Å². The van der Waals surface area contributed by atoms with Crippen LogP contribution >= 0.6 is 0 Å². The summed E-state index contributed by atoms with van der Waals surface area (Å²) in [4.78, 5) is 14.1. The van der Waals surface area contributed by atoms with Crippen LogP contribution in [0.25, 0.3) is 0 Å². The summed E-state index contributed by atoms with van der Waals surface area (Å²) in [5.74, 6) is 0.454. The molecule has 1 saturated carbocycles. The van der Waals surface area contributed by atoms with Crippen molar-refractivity contribution in [2.45, 2.75) is 70.4 Å². The van der Waals surface area contributed by atoms with Crippen molar-refractivity contribution >= 4 is 15.7 Å². The Bertz CT molecular complexity index is 456. The number of rotatable bonds is 6. The summed E-state index contributed by atoms with van der Waals surface area (Å²) in [6, 6.07) is 0.442. The van der Waals surface area contributed by atoms with Gasteiger partial charge < -0.3 is 10.2 Å². The van der Waals surface area contributed by atoms with E-state index in [9.17, 15) is 13.2 Å². The Morgan fingerprint density at radius 1 is 1.14 bits per heavy atom. The van der Waals surface area contributed by atoms with Crippen LogP contribution < -0.4 is 5.32 Å². The molecule has 5 nitrogen and oxygen atoms in total. The van der Waals surface area contributed by atoms with Gasteiger partial charge in [-0.2, -0.15) is 0 Å². The van der Waals surface area contributed by atoms with Crippen molar-refractivity contribution in [3.05, 3.63) is 0 Å². The van der Waals surface area contributed by atoms with E-state index in [0.29, 0.717) is 32.0 Å². The predicted molar refractivity (Wildman–Crippen MR) is 88.6 cm³/mol. The van der Waals surface area contributed by atoms with Crippen molar-refractivity contribution in [3.8, 4) is 0 Å². The zero-order chi connectivity index (χ0) is 16.0. The van der Waals surface area contributed by atoms with Crippen molar-refractivity contribution in [1.82, 2.24) is 10.2 Å². The highest BCUT2D eigenvalue weighted by Gasteiger charge is 2.33. The number of sulfone groups is 1. The van der Waals surface area contributed by atoms with Crippen molar-refractivity contribution < 1.29 is 13.2 Å². The highest BCUT2D eigenvalue weighted by Crippen LogP contribution is 2.19. The normalized spacial score (nSPS) is 25.8. The van der Waals surface area contributed by atoms with Crippen LogP contribution in [0.5, 0.6) is 0 Å². The third-order valence-corrected chi connectivity index (χ3v) is 6.69. The molecule has 1 heterocycles. The molecule has 1 aliphatic heterocycles. The van der Waals surface area contributed by atoms with Crippen LogP contribution in [0, 0.1) is 0 Å². The molecule has 6 heteroatoms. The lowest BCUT2D eigenvalue weighted by Crippen LogP contribution is -2.42. The second kappa shape index (κ2) is 8.29. The van der Waals surface area contributed by atoms with Gasteiger partial charge in [0.05, 0.1) is 11.5 Å². The second-order valence-corrected chi connectivity index (χ2v) is 8.86. The van der Waals surface area contributed by atoms with Crippen molar-refractivity contribution in [3.63, 3.8) is 0 Å². The molecule has 22 heavy (non-hydrogen) atoms. The average Bonchev–Trinajstić information content (AvgIpc) is 2.67. The number of nitrogens with zero attached hydrogens (tertiary/aromatic N) is 1. The van der Waals surface area contributed by atoms with E-state index in [-0.39, 0.29) is 23.5 Å². The van der Waals surface area contributed by atoms with Crippen molar-refractivity contribution in [2.24, 2.45) is 0 Å². The number of carbonyl (C=O) groups is 1. The van der Waals surface area contributed by atoms with Crippen LogP contribution in [-0.2, 0) is 14.6 Å². The Balaban J connectivity index is 1.75. The Morgan fingerprint density at radius 3 is 2.36 bits per heavy atom. The van der Waals surface area contributed by atoms with E-state index >= 15 is 0 Å². The van der Waals surface area contributed by atoms with Gasteiger partial charge in [0.25, 0.3) is 0 Å². The molecule has 0 radical (unpaired) electrons. The van der Waals surface area contributed by atoms with Gasteiger partial charge in [0, 0.05) is 31.6 Å². The Labute approximate surface area is 134 Å². The van der Waals surface area contributed by atoms with E-state index in [4.69, 9.17) is 0 Å². The largest absolute Gasteiger partial charge is 0.339 e. The second-order valence-electron chi connectivity index (χ2n) is 6.63. The lowest BCUT2D eigenvalue weighted by Gasteiger charge is -2.27. The Hall–Kier alpha value is -0.620. The van der Waals surface area contributed by atoms with E-state index < -0.39 is 9.84 Å². The van der Waals surface area contributed by atoms with E-state index in [2.05, 4.69) is 5.32 Å². The molecule has 1 unspecified atom stereocenters. The first-order valence-electron chi connectivity index (χ1n) is 8.75. The molecular formula is C16H30N2O3S. The topological polar surface area (TPSA) is 66.5 Å². The number of hydrogen-bond acceptors (Lipinski definition) is 4. The summed E-state index contributed by atoms with van der Waals surface area (Å²) in [6.45, 7) is 3.24. The van der Waals surface area contributed by atoms with Gasteiger partial charge in [-0.05, 0) is 26.2 Å². The first-order chi connectivity index (χ1) is 10.5. The summed E-state index contributed by atoms with van der Waals surface area (Å²) in [6.07, 6.45) is 8.73. The van der Waals surface area contributed by atoms with Gasteiger partial charge in [-0.25, -0.2) is 8.42 Å². The van der Waals surface area contributed by atoms with E-state index in [0.717, 1.165) is 0 Å². The number of hydrogen-bond donors (Lipinski definition) is 1. The van der Waals surface area contributed by atoms with Crippen LogP contribution in [0.15, 0.2) is 0 Å². The summed E-state index contributed by atoms with van der Waals surface area (Å²) >= 11 is 0. The number of nitrogens with one attached hydrogen (secondary N) is 1. The van der Waals surface area contributed by atoms with Crippen molar-refractivity contribution in [1.29, 1.82) is 0 Å².